The van der Waals surface area contributed by atoms with Gasteiger partial charge in [0.2, 0.25) is 0 Å². The van der Waals surface area contributed by atoms with E-state index >= 15 is 0 Å². The van der Waals surface area contributed by atoms with Crippen molar-refractivity contribution in [1.29, 1.82) is 0 Å². The molecule has 0 spiro atoms. The number of aromatic nitrogens is 3. The van der Waals surface area contributed by atoms with Crippen molar-refractivity contribution in [3.05, 3.63) is 41.5 Å². The summed E-state index contributed by atoms with van der Waals surface area (Å²) < 4.78 is 50.9. The van der Waals surface area contributed by atoms with E-state index in [0.717, 1.165) is 16.9 Å². The molecule has 8 heteroatoms. The van der Waals surface area contributed by atoms with Crippen molar-refractivity contribution >= 4 is 5.78 Å². The first-order valence-corrected chi connectivity index (χ1v) is 5.09. The number of rotatable bonds is 2. The van der Waals surface area contributed by atoms with E-state index in [-0.39, 0.29) is 5.69 Å². The number of alkyl halides is 3. The van der Waals surface area contributed by atoms with Crippen LogP contribution in [0.5, 0.6) is 0 Å². The molecule has 1 aromatic heterocycles. The number of ketones is 1. The first-order valence-electron chi connectivity index (χ1n) is 5.09. The molecule has 1 aromatic carbocycles. The van der Waals surface area contributed by atoms with E-state index in [4.69, 9.17) is 0 Å². The van der Waals surface area contributed by atoms with E-state index < -0.39 is 23.5 Å². The maximum atomic E-state index is 13.5. The molecule has 1 heterocycles. The van der Waals surface area contributed by atoms with Crippen molar-refractivity contribution in [2.75, 3.05) is 0 Å². The molecule has 0 saturated carbocycles. The summed E-state index contributed by atoms with van der Waals surface area (Å²) >= 11 is 0. The van der Waals surface area contributed by atoms with E-state index in [2.05, 4.69) is 10.3 Å². The lowest BCUT2D eigenvalue weighted by atomic mass is 10.2. The van der Waals surface area contributed by atoms with Crippen LogP contribution in [-0.2, 0) is 0 Å². The van der Waals surface area contributed by atoms with E-state index in [1.807, 2.05) is 0 Å². The van der Waals surface area contributed by atoms with Gasteiger partial charge in [0.15, 0.2) is 5.69 Å². The Morgan fingerprint density at radius 1 is 1.32 bits per heavy atom. The van der Waals surface area contributed by atoms with Gasteiger partial charge in [-0.05, 0) is 24.6 Å². The number of carbonyl (C=O) groups excluding carboxylic acids is 1. The Morgan fingerprint density at radius 2 is 2.00 bits per heavy atom. The lowest BCUT2D eigenvalue weighted by Gasteiger charge is -2.03. The lowest BCUT2D eigenvalue weighted by Crippen LogP contribution is -2.23. The molecule has 0 aliphatic heterocycles. The summed E-state index contributed by atoms with van der Waals surface area (Å²) in [6, 6.07) is 4.03. The monoisotopic (exact) mass is 273 g/mol. The minimum Gasteiger partial charge on any atom is -0.282 e. The number of hydrogen-bond donors (Lipinski definition) is 0. The molecule has 0 saturated heterocycles. The summed E-state index contributed by atoms with van der Waals surface area (Å²) in [6.45, 7) is 1.68. The number of halogens is 4. The molecule has 2 rings (SSSR count). The molecule has 0 unspecified atom stereocenters. The SMILES string of the molecule is Cc1ccc(F)c(-n2cc(C(=O)C(F)(F)F)nn2)c1. The van der Waals surface area contributed by atoms with Gasteiger partial charge in [-0.15, -0.1) is 5.10 Å². The second-order valence-electron chi connectivity index (χ2n) is 3.83. The number of Topliss-reactive ketones (excluding diaryl/α,β-unsaturated/α-hetero) is 1. The van der Waals surface area contributed by atoms with Crippen molar-refractivity contribution < 1.29 is 22.4 Å². The number of carbonyl (C=O) groups is 1. The molecular formula is C11H7F4N3O. The molecule has 19 heavy (non-hydrogen) atoms. The van der Waals surface area contributed by atoms with Gasteiger partial charge in [0.25, 0.3) is 5.78 Å². The van der Waals surface area contributed by atoms with Crippen LogP contribution >= 0.6 is 0 Å². The van der Waals surface area contributed by atoms with Gasteiger partial charge in [0, 0.05) is 0 Å². The standard InChI is InChI=1S/C11H7F4N3O/c1-6-2-3-7(12)9(4-6)18-5-8(16-17-18)10(19)11(13,14)15/h2-5H,1H3. The van der Waals surface area contributed by atoms with Crippen molar-refractivity contribution in [1.82, 2.24) is 15.0 Å². The van der Waals surface area contributed by atoms with Crippen molar-refractivity contribution in [3.63, 3.8) is 0 Å². The summed E-state index contributed by atoms with van der Waals surface area (Å²) in [5.41, 5.74) is -0.266. The second kappa shape index (κ2) is 4.45. The molecule has 0 bridgehead atoms. The highest BCUT2D eigenvalue weighted by Gasteiger charge is 2.41. The van der Waals surface area contributed by atoms with Gasteiger partial charge < -0.3 is 0 Å². The van der Waals surface area contributed by atoms with Gasteiger partial charge in [-0.2, -0.15) is 13.2 Å². The van der Waals surface area contributed by atoms with Crippen LogP contribution in [0.3, 0.4) is 0 Å². The average Bonchev–Trinajstić information content (AvgIpc) is 2.79. The highest BCUT2D eigenvalue weighted by Crippen LogP contribution is 2.21. The largest absolute Gasteiger partial charge is 0.456 e. The third kappa shape index (κ3) is 2.61. The quantitative estimate of drug-likeness (QED) is 0.623. The van der Waals surface area contributed by atoms with Gasteiger partial charge in [-0.1, -0.05) is 11.3 Å². The highest BCUT2D eigenvalue weighted by molar-refractivity contribution is 5.98. The van der Waals surface area contributed by atoms with Crippen LogP contribution in [0.4, 0.5) is 17.6 Å². The summed E-state index contributed by atoms with van der Waals surface area (Å²) in [7, 11) is 0. The molecule has 0 aliphatic carbocycles. The van der Waals surface area contributed by atoms with Crippen molar-refractivity contribution in [2.45, 2.75) is 13.1 Å². The van der Waals surface area contributed by atoms with E-state index in [1.165, 1.54) is 12.1 Å². The van der Waals surface area contributed by atoms with E-state index in [0.29, 0.717) is 5.56 Å². The van der Waals surface area contributed by atoms with Crippen LogP contribution < -0.4 is 0 Å². The Hall–Kier alpha value is -2.25. The summed E-state index contributed by atoms with van der Waals surface area (Å²) in [5.74, 6) is -2.80. The molecule has 0 atom stereocenters. The van der Waals surface area contributed by atoms with Gasteiger partial charge in [0.1, 0.15) is 11.5 Å². The fourth-order valence-electron chi connectivity index (χ4n) is 1.43. The average molecular weight is 273 g/mol. The van der Waals surface area contributed by atoms with Crippen LogP contribution in [0, 0.1) is 12.7 Å². The third-order valence-corrected chi connectivity index (χ3v) is 2.33. The van der Waals surface area contributed by atoms with Crippen LogP contribution in [0.15, 0.2) is 24.4 Å². The maximum absolute atomic E-state index is 13.5. The van der Waals surface area contributed by atoms with Gasteiger partial charge in [0.05, 0.1) is 6.20 Å². The molecule has 0 fully saturated rings. The van der Waals surface area contributed by atoms with E-state index in [1.54, 1.807) is 6.92 Å². The lowest BCUT2D eigenvalue weighted by molar-refractivity contribution is -0.0888. The second-order valence-corrected chi connectivity index (χ2v) is 3.83. The molecule has 4 nitrogen and oxygen atoms in total. The van der Waals surface area contributed by atoms with E-state index in [9.17, 15) is 22.4 Å². The third-order valence-electron chi connectivity index (χ3n) is 2.33. The highest BCUT2D eigenvalue weighted by atomic mass is 19.4. The summed E-state index contributed by atoms with van der Waals surface area (Å²) in [4.78, 5) is 10.9. The Morgan fingerprint density at radius 3 is 2.63 bits per heavy atom. The van der Waals surface area contributed by atoms with Gasteiger partial charge >= 0.3 is 6.18 Å². The Balaban J connectivity index is 2.42. The summed E-state index contributed by atoms with van der Waals surface area (Å²) in [5, 5.41) is 6.44. The Labute approximate surface area is 104 Å². The van der Waals surface area contributed by atoms with Crippen molar-refractivity contribution in [2.24, 2.45) is 0 Å². The number of hydrogen-bond acceptors (Lipinski definition) is 3. The van der Waals surface area contributed by atoms with Crippen LogP contribution in [0.2, 0.25) is 0 Å². The minimum atomic E-state index is -5.04. The van der Waals surface area contributed by atoms with Crippen molar-refractivity contribution in [3.8, 4) is 5.69 Å². The number of benzene rings is 1. The predicted octanol–water partition coefficient (Wildman–Crippen LogP) is 2.46. The molecular weight excluding hydrogens is 266 g/mol. The van der Waals surface area contributed by atoms with Crippen LogP contribution in [0.25, 0.3) is 5.69 Å². The fourth-order valence-corrected chi connectivity index (χ4v) is 1.43. The maximum Gasteiger partial charge on any atom is 0.456 e. The summed E-state index contributed by atoms with van der Waals surface area (Å²) in [6.07, 6.45) is -4.29. The molecule has 0 radical (unpaired) electrons. The molecule has 0 aliphatic rings. The van der Waals surface area contributed by atoms with Crippen LogP contribution in [-0.4, -0.2) is 27.0 Å². The normalized spacial score (nSPS) is 11.6. The first kappa shape index (κ1) is 13.2. The molecule has 0 N–H and O–H groups in total. The minimum absolute atomic E-state index is 0.0753. The topological polar surface area (TPSA) is 47.8 Å². The molecule has 2 aromatic rings. The predicted molar refractivity (Wildman–Crippen MR) is 56.4 cm³/mol. The Bertz CT molecular complexity index is 633. The zero-order valence-electron chi connectivity index (χ0n) is 9.57. The van der Waals surface area contributed by atoms with Gasteiger partial charge in [-0.25, -0.2) is 9.07 Å². The molecule has 0 amide bonds. The molecule has 100 valence electrons. The Kier molecular flexibility index (Phi) is 3.09. The number of aryl methyl sites for hydroxylation is 1. The van der Waals surface area contributed by atoms with Gasteiger partial charge in [-0.3, -0.25) is 4.79 Å². The smallest absolute Gasteiger partial charge is 0.282 e. The fraction of sp³-hybridized carbons (Fsp3) is 0.182. The first-order chi connectivity index (χ1) is 8.79. The zero-order valence-corrected chi connectivity index (χ0v) is 9.57. The number of nitrogens with zero attached hydrogens (tertiary/aromatic N) is 3. The van der Waals surface area contributed by atoms with Crippen LogP contribution in [0.1, 0.15) is 16.1 Å². The zero-order chi connectivity index (χ0) is 14.2.